The molecule has 8 nitrogen and oxygen atoms in total. The summed E-state index contributed by atoms with van der Waals surface area (Å²) in [5.41, 5.74) is 1.48. The van der Waals surface area contributed by atoms with Crippen molar-refractivity contribution in [2.75, 3.05) is 6.26 Å². The number of nitro groups is 1. The molecule has 0 fully saturated rings. The summed E-state index contributed by atoms with van der Waals surface area (Å²) in [6, 6.07) is 11.2. The fourth-order valence-electron chi connectivity index (χ4n) is 2.11. The summed E-state index contributed by atoms with van der Waals surface area (Å²) in [5.74, 6) is 0.294. The number of nitrogens with zero attached hydrogens (tertiary/aromatic N) is 3. The Morgan fingerprint density at radius 3 is 2.42 bits per heavy atom. The first-order chi connectivity index (χ1) is 12.2. The van der Waals surface area contributed by atoms with Crippen LogP contribution < -0.4 is 0 Å². The molecule has 0 aliphatic heterocycles. The van der Waals surface area contributed by atoms with Gasteiger partial charge in [-0.2, -0.15) is 0 Å². The summed E-state index contributed by atoms with van der Waals surface area (Å²) in [6.07, 6.45) is 0.991. The van der Waals surface area contributed by atoms with Crippen molar-refractivity contribution in [1.29, 1.82) is 0 Å². The molecule has 0 spiro atoms. The van der Waals surface area contributed by atoms with Crippen LogP contribution in [0.25, 0.3) is 11.5 Å². The number of hydrogen-bond donors (Lipinski definition) is 0. The predicted octanol–water partition coefficient (Wildman–Crippen LogP) is 3.51. The monoisotopic (exact) mass is 391 g/mol. The van der Waals surface area contributed by atoms with E-state index in [4.69, 9.17) is 4.42 Å². The quantitative estimate of drug-likeness (QED) is 0.479. The van der Waals surface area contributed by atoms with Gasteiger partial charge in [0, 0.05) is 17.9 Å². The second kappa shape index (κ2) is 6.89. The first kappa shape index (κ1) is 18.1. The average Bonchev–Trinajstić information content (AvgIpc) is 3.03. The maximum atomic E-state index is 11.6. The summed E-state index contributed by atoms with van der Waals surface area (Å²) in [5, 5.41) is 19.2. The van der Waals surface area contributed by atoms with Crippen LogP contribution >= 0.6 is 11.8 Å². The molecular formula is C16H13N3O5S2. The van der Waals surface area contributed by atoms with Crippen molar-refractivity contribution in [2.45, 2.75) is 21.9 Å². The number of hydrogen-bond acceptors (Lipinski definition) is 8. The van der Waals surface area contributed by atoms with E-state index in [-0.39, 0.29) is 20.7 Å². The Hall–Kier alpha value is -2.72. The molecule has 0 aliphatic carbocycles. The van der Waals surface area contributed by atoms with Crippen molar-refractivity contribution >= 4 is 27.3 Å². The number of benzene rings is 2. The zero-order valence-electron chi connectivity index (χ0n) is 13.7. The third kappa shape index (κ3) is 3.92. The fraction of sp³-hybridized carbons (Fsp3) is 0.125. The normalized spacial score (nSPS) is 11.5. The molecule has 0 saturated heterocycles. The molecular weight excluding hydrogens is 378 g/mol. The topological polar surface area (TPSA) is 116 Å². The summed E-state index contributed by atoms with van der Waals surface area (Å²) in [7, 11) is -3.55. The molecule has 0 amide bonds. The van der Waals surface area contributed by atoms with Crippen LogP contribution in [0.2, 0.25) is 0 Å². The summed E-state index contributed by atoms with van der Waals surface area (Å²) in [6.45, 7) is 1.96. The molecule has 2 aromatic carbocycles. The molecule has 3 aromatic rings. The van der Waals surface area contributed by atoms with Gasteiger partial charge in [-0.05, 0) is 43.0 Å². The summed E-state index contributed by atoms with van der Waals surface area (Å²) < 4.78 is 28.7. The molecule has 10 heteroatoms. The largest absolute Gasteiger partial charge is 0.411 e. The van der Waals surface area contributed by atoms with Crippen molar-refractivity contribution < 1.29 is 17.8 Å². The van der Waals surface area contributed by atoms with Crippen LogP contribution in [0.1, 0.15) is 5.56 Å². The zero-order valence-corrected chi connectivity index (χ0v) is 15.4. The maximum absolute atomic E-state index is 11.6. The first-order valence-electron chi connectivity index (χ1n) is 7.31. The van der Waals surface area contributed by atoms with Gasteiger partial charge in [-0.25, -0.2) is 8.42 Å². The maximum Gasteiger partial charge on any atom is 0.284 e. The highest BCUT2D eigenvalue weighted by molar-refractivity contribution is 7.99. The van der Waals surface area contributed by atoms with Crippen molar-refractivity contribution in [1.82, 2.24) is 10.2 Å². The molecule has 0 saturated carbocycles. The fourth-order valence-corrected chi connectivity index (χ4v) is 3.52. The Labute approximate surface area is 153 Å². The number of aryl methyl sites for hydroxylation is 1. The molecule has 0 aliphatic rings. The second-order valence-electron chi connectivity index (χ2n) is 5.50. The van der Waals surface area contributed by atoms with Crippen molar-refractivity contribution in [3.05, 3.63) is 58.1 Å². The highest BCUT2D eigenvalue weighted by Gasteiger charge is 2.21. The standard InChI is InChI=1S/C16H13N3O5S2/c1-10-3-5-11(6-4-10)15-17-18-16(24-15)25-14-8-7-12(26(2,22)23)9-13(14)19(20)21/h3-9H,1-2H3. The van der Waals surface area contributed by atoms with Gasteiger partial charge in [-0.1, -0.05) is 17.7 Å². The number of nitro benzene ring substituents is 1. The minimum Gasteiger partial charge on any atom is -0.411 e. The van der Waals surface area contributed by atoms with Gasteiger partial charge < -0.3 is 4.42 Å². The molecule has 0 atom stereocenters. The van der Waals surface area contributed by atoms with E-state index in [1.807, 2.05) is 31.2 Å². The van der Waals surface area contributed by atoms with Crippen LogP contribution in [0.3, 0.4) is 0 Å². The Morgan fingerprint density at radius 1 is 1.12 bits per heavy atom. The molecule has 1 heterocycles. The van der Waals surface area contributed by atoms with E-state index in [0.717, 1.165) is 35.2 Å². The van der Waals surface area contributed by atoms with Gasteiger partial charge >= 0.3 is 0 Å². The Kier molecular flexibility index (Phi) is 4.79. The number of sulfone groups is 1. The minimum atomic E-state index is -3.55. The van der Waals surface area contributed by atoms with Crippen LogP contribution in [0.15, 0.2) is 61.9 Å². The van der Waals surface area contributed by atoms with Crippen molar-refractivity contribution in [3.63, 3.8) is 0 Å². The van der Waals surface area contributed by atoms with Crippen LogP contribution in [-0.4, -0.2) is 29.8 Å². The lowest BCUT2D eigenvalue weighted by Gasteiger charge is -2.02. The Morgan fingerprint density at radius 2 is 1.81 bits per heavy atom. The summed E-state index contributed by atoms with van der Waals surface area (Å²) in [4.78, 5) is 10.7. The lowest BCUT2D eigenvalue weighted by Crippen LogP contribution is -1.99. The van der Waals surface area contributed by atoms with Gasteiger partial charge in [0.25, 0.3) is 10.9 Å². The Balaban J connectivity index is 1.92. The van der Waals surface area contributed by atoms with Gasteiger partial charge in [0.2, 0.25) is 5.89 Å². The average molecular weight is 391 g/mol. The van der Waals surface area contributed by atoms with Crippen LogP contribution in [0.4, 0.5) is 5.69 Å². The molecule has 0 radical (unpaired) electrons. The lowest BCUT2D eigenvalue weighted by molar-refractivity contribution is -0.388. The van der Waals surface area contributed by atoms with Gasteiger partial charge in [-0.15, -0.1) is 10.2 Å². The third-order valence-electron chi connectivity index (χ3n) is 3.46. The minimum absolute atomic E-state index is 0.121. The van der Waals surface area contributed by atoms with E-state index in [1.54, 1.807) is 0 Å². The van der Waals surface area contributed by atoms with E-state index < -0.39 is 14.8 Å². The van der Waals surface area contributed by atoms with E-state index in [0.29, 0.717) is 5.89 Å². The van der Waals surface area contributed by atoms with Gasteiger partial charge in [0.15, 0.2) is 9.84 Å². The molecule has 0 N–H and O–H groups in total. The van der Waals surface area contributed by atoms with E-state index in [2.05, 4.69) is 10.2 Å². The SMILES string of the molecule is Cc1ccc(-c2nnc(Sc3ccc(S(C)(=O)=O)cc3[N+](=O)[O-])o2)cc1. The van der Waals surface area contributed by atoms with Gasteiger partial charge in [0.1, 0.15) is 0 Å². The van der Waals surface area contributed by atoms with Gasteiger partial charge in [-0.3, -0.25) is 10.1 Å². The van der Waals surface area contributed by atoms with Crippen LogP contribution in [0, 0.1) is 17.0 Å². The van der Waals surface area contributed by atoms with Crippen molar-refractivity contribution in [3.8, 4) is 11.5 Å². The highest BCUT2D eigenvalue weighted by atomic mass is 32.2. The zero-order chi connectivity index (χ0) is 18.9. The third-order valence-corrected chi connectivity index (χ3v) is 5.47. The molecule has 0 bridgehead atoms. The van der Waals surface area contributed by atoms with Crippen molar-refractivity contribution in [2.24, 2.45) is 0 Å². The first-order valence-corrected chi connectivity index (χ1v) is 10.0. The molecule has 1 aromatic heterocycles. The molecule has 3 rings (SSSR count). The number of aromatic nitrogens is 2. The van der Waals surface area contributed by atoms with Gasteiger partial charge in [0.05, 0.1) is 14.7 Å². The molecule has 26 heavy (non-hydrogen) atoms. The number of rotatable bonds is 5. The predicted molar refractivity (Wildman–Crippen MR) is 94.8 cm³/mol. The second-order valence-corrected chi connectivity index (χ2v) is 8.51. The molecule has 0 unspecified atom stereocenters. The van der Waals surface area contributed by atoms with E-state index in [9.17, 15) is 18.5 Å². The lowest BCUT2D eigenvalue weighted by atomic mass is 10.1. The summed E-state index contributed by atoms with van der Waals surface area (Å²) >= 11 is 0.904. The highest BCUT2D eigenvalue weighted by Crippen LogP contribution is 2.36. The Bertz CT molecular complexity index is 1080. The van der Waals surface area contributed by atoms with E-state index >= 15 is 0 Å². The van der Waals surface area contributed by atoms with E-state index in [1.165, 1.54) is 12.1 Å². The van der Waals surface area contributed by atoms with Crippen LogP contribution in [-0.2, 0) is 9.84 Å². The van der Waals surface area contributed by atoms with Crippen LogP contribution in [0.5, 0.6) is 0 Å². The molecule has 134 valence electrons. The smallest absolute Gasteiger partial charge is 0.284 e.